The third-order valence-corrected chi connectivity index (χ3v) is 2.96. The highest BCUT2D eigenvalue weighted by atomic mass is 19.1. The molecule has 104 valence electrons. The lowest BCUT2D eigenvalue weighted by Gasteiger charge is -2.21. The van der Waals surface area contributed by atoms with E-state index in [9.17, 15) is 14.0 Å². The number of carbonyl (C=O) groups is 1. The van der Waals surface area contributed by atoms with Crippen LogP contribution in [-0.2, 0) is 11.3 Å². The van der Waals surface area contributed by atoms with E-state index in [4.69, 9.17) is 0 Å². The normalized spacial score (nSPS) is 10.3. The van der Waals surface area contributed by atoms with Gasteiger partial charge in [-0.1, -0.05) is 6.07 Å². The number of amides is 1. The smallest absolute Gasteiger partial charge is 0.250 e. The first-order valence-corrected chi connectivity index (χ1v) is 6.33. The molecule has 2 aromatic rings. The van der Waals surface area contributed by atoms with E-state index in [1.807, 2.05) is 6.92 Å². The van der Waals surface area contributed by atoms with E-state index in [-0.39, 0.29) is 23.8 Å². The zero-order chi connectivity index (χ0) is 14.5. The molecule has 0 fully saturated rings. The summed E-state index contributed by atoms with van der Waals surface area (Å²) in [5, 5.41) is 0. The number of halogens is 1. The lowest BCUT2D eigenvalue weighted by molar-refractivity contribution is -0.119. The summed E-state index contributed by atoms with van der Waals surface area (Å²) in [6, 6.07) is 10.4. The van der Waals surface area contributed by atoms with E-state index in [2.05, 4.69) is 0 Å². The highest BCUT2D eigenvalue weighted by Gasteiger charge is 2.14. The summed E-state index contributed by atoms with van der Waals surface area (Å²) >= 11 is 0. The fraction of sp³-hybridized carbons (Fsp3) is 0.200. The first kappa shape index (κ1) is 14.0. The predicted octanol–water partition coefficient (Wildman–Crippen LogP) is 2.04. The van der Waals surface area contributed by atoms with Gasteiger partial charge in [0.1, 0.15) is 12.4 Å². The minimum Gasteiger partial charge on any atom is -0.311 e. The highest BCUT2D eigenvalue weighted by molar-refractivity contribution is 5.93. The maximum absolute atomic E-state index is 12.9. The Hall–Kier alpha value is -2.43. The summed E-state index contributed by atoms with van der Waals surface area (Å²) in [7, 11) is 0. The SMILES string of the molecule is CCN(C(=O)Cn1ccccc1=O)c1ccc(F)cc1. The van der Waals surface area contributed by atoms with E-state index < -0.39 is 0 Å². The van der Waals surface area contributed by atoms with Gasteiger partial charge in [0.2, 0.25) is 5.91 Å². The van der Waals surface area contributed by atoms with Gasteiger partial charge in [-0.05, 0) is 37.3 Å². The minimum atomic E-state index is -0.350. The van der Waals surface area contributed by atoms with Crippen LogP contribution in [0, 0.1) is 5.82 Å². The summed E-state index contributed by atoms with van der Waals surface area (Å²) in [5.74, 6) is -0.566. The third-order valence-electron chi connectivity index (χ3n) is 2.96. The number of carbonyl (C=O) groups excluding carboxylic acids is 1. The Labute approximate surface area is 116 Å². The summed E-state index contributed by atoms with van der Waals surface area (Å²) in [6.45, 7) is 2.24. The predicted molar refractivity (Wildman–Crippen MR) is 75.1 cm³/mol. The average Bonchev–Trinajstić information content (AvgIpc) is 2.44. The molecule has 1 heterocycles. The largest absolute Gasteiger partial charge is 0.311 e. The number of anilines is 1. The van der Waals surface area contributed by atoms with Crippen LogP contribution in [0.1, 0.15) is 6.92 Å². The zero-order valence-corrected chi connectivity index (χ0v) is 11.1. The van der Waals surface area contributed by atoms with Crippen molar-refractivity contribution in [3.8, 4) is 0 Å². The van der Waals surface area contributed by atoms with E-state index >= 15 is 0 Å². The molecule has 5 heteroatoms. The van der Waals surface area contributed by atoms with Gasteiger partial charge in [0, 0.05) is 24.5 Å². The molecule has 2 rings (SSSR count). The van der Waals surface area contributed by atoms with Gasteiger partial charge in [-0.3, -0.25) is 9.59 Å². The molecule has 4 nitrogen and oxygen atoms in total. The number of nitrogens with zero attached hydrogens (tertiary/aromatic N) is 2. The molecular formula is C15H15FN2O2. The Morgan fingerprint density at radius 1 is 1.20 bits per heavy atom. The summed E-state index contributed by atoms with van der Waals surface area (Å²) in [6.07, 6.45) is 1.57. The van der Waals surface area contributed by atoms with Gasteiger partial charge in [0.05, 0.1) is 0 Å². The van der Waals surface area contributed by atoms with Gasteiger partial charge in [-0.25, -0.2) is 4.39 Å². The Morgan fingerprint density at radius 2 is 1.90 bits per heavy atom. The van der Waals surface area contributed by atoms with Crippen LogP contribution in [-0.4, -0.2) is 17.0 Å². The molecular weight excluding hydrogens is 259 g/mol. The number of aromatic nitrogens is 1. The van der Waals surface area contributed by atoms with Crippen molar-refractivity contribution in [2.24, 2.45) is 0 Å². The zero-order valence-electron chi connectivity index (χ0n) is 11.1. The van der Waals surface area contributed by atoms with Crippen molar-refractivity contribution < 1.29 is 9.18 Å². The van der Waals surface area contributed by atoms with Gasteiger partial charge in [-0.2, -0.15) is 0 Å². The number of pyridine rings is 1. The van der Waals surface area contributed by atoms with Gasteiger partial charge in [-0.15, -0.1) is 0 Å². The van der Waals surface area contributed by atoms with Crippen LogP contribution in [0.5, 0.6) is 0 Å². The second-order valence-corrected chi connectivity index (χ2v) is 4.28. The lowest BCUT2D eigenvalue weighted by atomic mass is 10.2. The third kappa shape index (κ3) is 3.12. The Kier molecular flexibility index (Phi) is 4.30. The fourth-order valence-corrected chi connectivity index (χ4v) is 1.95. The van der Waals surface area contributed by atoms with Crippen molar-refractivity contribution in [2.75, 3.05) is 11.4 Å². The summed E-state index contributed by atoms with van der Waals surface area (Å²) < 4.78 is 14.2. The Bertz CT molecular complexity index is 649. The van der Waals surface area contributed by atoms with E-state index in [1.54, 1.807) is 30.5 Å². The molecule has 1 amide bonds. The molecule has 0 aliphatic carbocycles. The fourth-order valence-electron chi connectivity index (χ4n) is 1.95. The number of rotatable bonds is 4. The molecule has 0 unspecified atom stereocenters. The van der Waals surface area contributed by atoms with Crippen LogP contribution < -0.4 is 10.5 Å². The van der Waals surface area contributed by atoms with Crippen molar-refractivity contribution >= 4 is 11.6 Å². The van der Waals surface area contributed by atoms with Crippen LogP contribution in [0.4, 0.5) is 10.1 Å². The number of likely N-dealkylation sites (N-methyl/N-ethyl adjacent to an activating group) is 1. The number of hydrogen-bond donors (Lipinski definition) is 0. The van der Waals surface area contributed by atoms with Gasteiger partial charge in [0.15, 0.2) is 0 Å². The molecule has 0 saturated heterocycles. The van der Waals surface area contributed by atoms with E-state index in [0.29, 0.717) is 12.2 Å². The van der Waals surface area contributed by atoms with Crippen molar-refractivity contribution in [1.82, 2.24) is 4.57 Å². The molecule has 0 N–H and O–H groups in total. The first-order valence-electron chi connectivity index (χ1n) is 6.33. The second kappa shape index (κ2) is 6.14. The molecule has 20 heavy (non-hydrogen) atoms. The average molecular weight is 274 g/mol. The molecule has 0 saturated carbocycles. The summed E-state index contributed by atoms with van der Waals surface area (Å²) in [4.78, 5) is 25.4. The van der Waals surface area contributed by atoms with E-state index in [1.165, 1.54) is 27.7 Å². The van der Waals surface area contributed by atoms with Crippen LogP contribution in [0.15, 0.2) is 53.5 Å². The number of benzene rings is 1. The minimum absolute atomic E-state index is 0.0368. The maximum atomic E-state index is 12.9. The molecule has 0 atom stereocenters. The molecule has 0 aliphatic rings. The molecule has 1 aromatic carbocycles. The quantitative estimate of drug-likeness (QED) is 0.856. The van der Waals surface area contributed by atoms with Crippen LogP contribution in [0.2, 0.25) is 0 Å². The maximum Gasteiger partial charge on any atom is 0.250 e. The van der Waals surface area contributed by atoms with Crippen LogP contribution in [0.25, 0.3) is 0 Å². The second-order valence-electron chi connectivity index (χ2n) is 4.28. The topological polar surface area (TPSA) is 42.3 Å². The van der Waals surface area contributed by atoms with Crippen molar-refractivity contribution in [1.29, 1.82) is 0 Å². The molecule has 1 aromatic heterocycles. The monoisotopic (exact) mass is 274 g/mol. The molecule has 0 aliphatic heterocycles. The summed E-state index contributed by atoms with van der Waals surface area (Å²) in [5.41, 5.74) is 0.388. The first-order chi connectivity index (χ1) is 9.61. The molecule has 0 spiro atoms. The van der Waals surface area contributed by atoms with Crippen LogP contribution in [0.3, 0.4) is 0 Å². The molecule has 0 bridgehead atoms. The van der Waals surface area contributed by atoms with Crippen LogP contribution >= 0.6 is 0 Å². The van der Waals surface area contributed by atoms with Gasteiger partial charge < -0.3 is 9.47 Å². The number of hydrogen-bond acceptors (Lipinski definition) is 2. The Morgan fingerprint density at radius 3 is 2.50 bits per heavy atom. The standard InChI is InChI=1S/C15H15FN2O2/c1-2-18(13-8-6-12(16)7-9-13)15(20)11-17-10-4-3-5-14(17)19/h3-10H,2,11H2,1H3. The van der Waals surface area contributed by atoms with E-state index in [0.717, 1.165) is 0 Å². The van der Waals surface area contributed by atoms with Crippen molar-refractivity contribution in [2.45, 2.75) is 13.5 Å². The Balaban J connectivity index is 2.20. The van der Waals surface area contributed by atoms with Crippen molar-refractivity contribution in [3.05, 3.63) is 64.8 Å². The van der Waals surface area contributed by atoms with Crippen molar-refractivity contribution in [3.63, 3.8) is 0 Å². The molecule has 0 radical (unpaired) electrons. The van der Waals surface area contributed by atoms with Gasteiger partial charge in [0.25, 0.3) is 5.56 Å². The lowest BCUT2D eigenvalue weighted by Crippen LogP contribution is -2.36. The highest BCUT2D eigenvalue weighted by Crippen LogP contribution is 2.15. The van der Waals surface area contributed by atoms with Gasteiger partial charge >= 0.3 is 0 Å².